The van der Waals surface area contributed by atoms with Crippen LogP contribution in [0.5, 0.6) is 0 Å². The van der Waals surface area contributed by atoms with Crippen molar-refractivity contribution in [1.29, 1.82) is 0 Å². The van der Waals surface area contributed by atoms with Crippen molar-refractivity contribution in [3.8, 4) is 0 Å². The van der Waals surface area contributed by atoms with Crippen molar-refractivity contribution in [2.45, 2.75) is 49.6 Å². The van der Waals surface area contributed by atoms with Crippen molar-refractivity contribution in [3.05, 3.63) is 23.9 Å². The van der Waals surface area contributed by atoms with E-state index in [-0.39, 0.29) is 0 Å². The first kappa shape index (κ1) is 14.3. The molecule has 0 atom stereocenters. The van der Waals surface area contributed by atoms with E-state index in [1.165, 1.54) is 25.7 Å². The third kappa shape index (κ3) is 3.53. The van der Waals surface area contributed by atoms with E-state index in [9.17, 15) is 0 Å². The van der Waals surface area contributed by atoms with Crippen molar-refractivity contribution in [2.75, 3.05) is 11.9 Å². The Morgan fingerprint density at radius 2 is 2.19 bits per heavy atom. The molecular weight excluding hydrogens is 284 g/mol. The molecule has 0 radical (unpaired) electrons. The molecule has 7 heteroatoms. The molecule has 2 heterocycles. The van der Waals surface area contributed by atoms with Gasteiger partial charge in [0.25, 0.3) is 0 Å². The summed E-state index contributed by atoms with van der Waals surface area (Å²) in [4.78, 5) is 4.58. The molecule has 3 rings (SSSR count). The van der Waals surface area contributed by atoms with Crippen molar-refractivity contribution in [2.24, 2.45) is 0 Å². The second-order valence-electron chi connectivity index (χ2n) is 5.18. The Balaban J connectivity index is 1.65. The molecule has 2 aromatic heterocycles. The van der Waals surface area contributed by atoms with Gasteiger partial charge in [0, 0.05) is 12.3 Å². The molecule has 0 amide bonds. The molecule has 0 spiro atoms. The first-order valence-electron chi connectivity index (χ1n) is 7.47. The van der Waals surface area contributed by atoms with E-state index in [1.807, 2.05) is 22.9 Å². The summed E-state index contributed by atoms with van der Waals surface area (Å²) in [6, 6.07) is 6.53. The van der Waals surface area contributed by atoms with Gasteiger partial charge in [0.2, 0.25) is 5.16 Å². The molecule has 1 saturated carbocycles. The van der Waals surface area contributed by atoms with Crippen LogP contribution in [0.2, 0.25) is 0 Å². The van der Waals surface area contributed by atoms with E-state index in [2.05, 4.69) is 32.7 Å². The highest BCUT2D eigenvalue weighted by molar-refractivity contribution is 7.98. The van der Waals surface area contributed by atoms with Crippen molar-refractivity contribution in [1.82, 2.24) is 25.2 Å². The van der Waals surface area contributed by atoms with Gasteiger partial charge in [-0.2, -0.15) is 0 Å². The lowest BCUT2D eigenvalue weighted by Crippen LogP contribution is -2.08. The lowest BCUT2D eigenvalue weighted by Gasteiger charge is -2.10. The highest BCUT2D eigenvalue weighted by Gasteiger charge is 2.21. The van der Waals surface area contributed by atoms with Gasteiger partial charge in [-0.1, -0.05) is 30.7 Å². The second-order valence-corrected chi connectivity index (χ2v) is 6.12. The average molecular weight is 304 g/mol. The largest absolute Gasteiger partial charge is 0.370 e. The van der Waals surface area contributed by atoms with E-state index < -0.39 is 0 Å². The van der Waals surface area contributed by atoms with Crippen LogP contribution >= 0.6 is 11.8 Å². The lowest BCUT2D eigenvalue weighted by molar-refractivity contribution is 0.423. The van der Waals surface area contributed by atoms with Crippen molar-refractivity contribution < 1.29 is 0 Å². The summed E-state index contributed by atoms with van der Waals surface area (Å²) in [5.41, 5.74) is 1.04. The molecule has 2 aromatic rings. The van der Waals surface area contributed by atoms with E-state index >= 15 is 0 Å². The minimum absolute atomic E-state index is 0.476. The topological polar surface area (TPSA) is 68.5 Å². The molecule has 0 aromatic carbocycles. The van der Waals surface area contributed by atoms with Gasteiger partial charge in [-0.25, -0.2) is 9.67 Å². The monoisotopic (exact) mass is 304 g/mol. The summed E-state index contributed by atoms with van der Waals surface area (Å²) in [5, 5.41) is 16.3. The van der Waals surface area contributed by atoms with Gasteiger partial charge in [-0.3, -0.25) is 0 Å². The highest BCUT2D eigenvalue weighted by Crippen LogP contribution is 2.32. The minimum atomic E-state index is 0.476. The maximum Gasteiger partial charge on any atom is 0.209 e. The van der Waals surface area contributed by atoms with Crippen molar-refractivity contribution in [3.63, 3.8) is 0 Å². The number of tetrazole rings is 1. The van der Waals surface area contributed by atoms with Crippen LogP contribution in [-0.4, -0.2) is 31.7 Å². The SMILES string of the molecule is CCNc1cccc(CSc2nnnn2C2CCCC2)n1. The molecule has 1 N–H and O–H groups in total. The zero-order valence-electron chi connectivity index (χ0n) is 12.2. The van der Waals surface area contributed by atoms with Gasteiger partial charge in [0.1, 0.15) is 5.82 Å². The predicted octanol–water partition coefficient (Wildman–Crippen LogP) is 2.91. The Morgan fingerprint density at radius 3 is 3.00 bits per heavy atom. The normalized spacial score (nSPS) is 15.5. The molecule has 0 saturated heterocycles. The fourth-order valence-corrected chi connectivity index (χ4v) is 3.49. The van der Waals surface area contributed by atoms with Crippen LogP contribution in [-0.2, 0) is 5.75 Å². The van der Waals surface area contributed by atoms with Gasteiger partial charge >= 0.3 is 0 Å². The number of hydrogen-bond acceptors (Lipinski definition) is 6. The maximum atomic E-state index is 4.58. The summed E-state index contributed by atoms with van der Waals surface area (Å²) >= 11 is 1.66. The van der Waals surface area contributed by atoms with Crippen LogP contribution < -0.4 is 5.32 Å². The molecule has 0 unspecified atom stereocenters. The van der Waals surface area contributed by atoms with Crippen LogP contribution in [0, 0.1) is 0 Å². The van der Waals surface area contributed by atoms with Crippen LogP contribution in [0.15, 0.2) is 23.4 Å². The molecule has 21 heavy (non-hydrogen) atoms. The Kier molecular flexibility index (Phi) is 4.69. The van der Waals surface area contributed by atoms with Crippen LogP contribution in [0.3, 0.4) is 0 Å². The predicted molar refractivity (Wildman–Crippen MR) is 83.3 cm³/mol. The number of anilines is 1. The number of hydrogen-bond donors (Lipinski definition) is 1. The number of thioether (sulfide) groups is 1. The summed E-state index contributed by atoms with van der Waals surface area (Å²) in [5.74, 6) is 1.71. The number of nitrogens with one attached hydrogen (secondary N) is 1. The van der Waals surface area contributed by atoms with Gasteiger partial charge < -0.3 is 5.32 Å². The Labute approximate surface area is 128 Å². The summed E-state index contributed by atoms with van der Waals surface area (Å²) in [7, 11) is 0. The van der Waals surface area contributed by atoms with E-state index in [0.717, 1.165) is 29.0 Å². The number of rotatable bonds is 6. The van der Waals surface area contributed by atoms with Gasteiger partial charge in [0.05, 0.1) is 11.7 Å². The summed E-state index contributed by atoms with van der Waals surface area (Å²) < 4.78 is 1.99. The van der Waals surface area contributed by atoms with Gasteiger partial charge in [-0.15, -0.1) is 5.10 Å². The number of pyridine rings is 1. The second kappa shape index (κ2) is 6.89. The molecule has 0 bridgehead atoms. The molecule has 1 aliphatic carbocycles. The van der Waals surface area contributed by atoms with Gasteiger partial charge in [-0.05, 0) is 42.3 Å². The third-order valence-electron chi connectivity index (χ3n) is 3.65. The average Bonchev–Trinajstić information content (AvgIpc) is 3.17. The quantitative estimate of drug-likeness (QED) is 0.828. The van der Waals surface area contributed by atoms with Crippen LogP contribution in [0.1, 0.15) is 44.3 Å². The minimum Gasteiger partial charge on any atom is -0.370 e. The molecule has 1 fully saturated rings. The first-order valence-corrected chi connectivity index (χ1v) is 8.46. The lowest BCUT2D eigenvalue weighted by atomic mass is 10.3. The zero-order valence-corrected chi connectivity index (χ0v) is 13.0. The molecule has 1 aliphatic rings. The first-order chi connectivity index (χ1) is 10.4. The molecular formula is C14H20N6S. The van der Waals surface area contributed by atoms with E-state index in [4.69, 9.17) is 0 Å². The molecule has 6 nitrogen and oxygen atoms in total. The van der Waals surface area contributed by atoms with Gasteiger partial charge in [0.15, 0.2) is 0 Å². The Morgan fingerprint density at radius 1 is 1.33 bits per heavy atom. The van der Waals surface area contributed by atoms with Crippen LogP contribution in [0.25, 0.3) is 0 Å². The zero-order chi connectivity index (χ0) is 14.5. The fourth-order valence-electron chi connectivity index (χ4n) is 2.64. The van der Waals surface area contributed by atoms with Crippen LogP contribution in [0.4, 0.5) is 5.82 Å². The number of aromatic nitrogens is 5. The Bertz CT molecular complexity index is 578. The molecule has 112 valence electrons. The van der Waals surface area contributed by atoms with E-state index in [0.29, 0.717) is 6.04 Å². The standard InChI is InChI=1S/C14H20N6S/c1-2-15-13-9-5-6-11(16-13)10-21-14-17-18-19-20(14)12-7-3-4-8-12/h5-6,9,12H,2-4,7-8,10H2,1H3,(H,15,16). The summed E-state index contributed by atoms with van der Waals surface area (Å²) in [6.45, 7) is 2.95. The smallest absolute Gasteiger partial charge is 0.209 e. The third-order valence-corrected chi connectivity index (χ3v) is 4.61. The van der Waals surface area contributed by atoms with E-state index in [1.54, 1.807) is 11.8 Å². The maximum absolute atomic E-state index is 4.58. The summed E-state index contributed by atoms with van der Waals surface area (Å²) in [6.07, 6.45) is 4.93. The number of nitrogens with zero attached hydrogens (tertiary/aromatic N) is 5. The van der Waals surface area contributed by atoms with Crippen molar-refractivity contribution >= 4 is 17.6 Å². The molecule has 0 aliphatic heterocycles. The Hall–Kier alpha value is -1.63. The highest BCUT2D eigenvalue weighted by atomic mass is 32.2. The fraction of sp³-hybridized carbons (Fsp3) is 0.571.